The molecular formula is C9H10N4S. The summed E-state index contributed by atoms with van der Waals surface area (Å²) >= 11 is 1.70. The van der Waals surface area contributed by atoms with Crippen LogP contribution in [0, 0.1) is 6.92 Å². The summed E-state index contributed by atoms with van der Waals surface area (Å²) in [6.45, 7) is 2.08. The number of aryl methyl sites for hydroxylation is 1. The second kappa shape index (κ2) is 4.23. The van der Waals surface area contributed by atoms with E-state index in [9.17, 15) is 0 Å². The molecule has 0 radical (unpaired) electrons. The summed E-state index contributed by atoms with van der Waals surface area (Å²) in [6.07, 6.45) is 0. The zero-order valence-corrected chi connectivity index (χ0v) is 8.58. The lowest BCUT2D eigenvalue weighted by molar-refractivity contribution is 0.881. The van der Waals surface area contributed by atoms with Gasteiger partial charge in [0, 0.05) is 4.90 Å². The molecule has 0 aliphatic carbocycles. The van der Waals surface area contributed by atoms with E-state index in [0.29, 0.717) is 0 Å². The maximum absolute atomic E-state index is 3.88. The normalized spacial score (nSPS) is 10.4. The Morgan fingerprint density at radius 2 is 2.07 bits per heavy atom. The van der Waals surface area contributed by atoms with Crippen molar-refractivity contribution in [3.8, 4) is 0 Å². The molecule has 0 spiro atoms. The van der Waals surface area contributed by atoms with Gasteiger partial charge in [-0.1, -0.05) is 22.9 Å². The van der Waals surface area contributed by atoms with Gasteiger partial charge < -0.3 is 0 Å². The van der Waals surface area contributed by atoms with Crippen LogP contribution in [0.2, 0.25) is 0 Å². The largest absolute Gasteiger partial charge is 0.184 e. The van der Waals surface area contributed by atoms with Crippen molar-refractivity contribution in [2.45, 2.75) is 17.6 Å². The van der Waals surface area contributed by atoms with Crippen molar-refractivity contribution in [3.05, 3.63) is 35.7 Å². The van der Waals surface area contributed by atoms with Gasteiger partial charge in [-0.2, -0.15) is 5.21 Å². The van der Waals surface area contributed by atoms with Crippen LogP contribution in [0.1, 0.15) is 11.4 Å². The number of aromatic nitrogens is 4. The monoisotopic (exact) mass is 206 g/mol. The molecule has 0 aliphatic heterocycles. The standard InChI is InChI=1S/C9H10N4S/c1-7-2-4-8(5-3-7)14-6-9-10-12-13-11-9/h2-5H,6H2,1H3,(H,10,11,12,13). The van der Waals surface area contributed by atoms with Gasteiger partial charge in [-0.05, 0) is 19.1 Å². The molecule has 1 heterocycles. The lowest BCUT2D eigenvalue weighted by Crippen LogP contribution is -1.83. The number of aromatic amines is 1. The van der Waals surface area contributed by atoms with Crippen LogP contribution in [0.4, 0.5) is 0 Å². The van der Waals surface area contributed by atoms with Crippen molar-refractivity contribution in [2.24, 2.45) is 0 Å². The number of hydrogen-bond donors (Lipinski definition) is 1. The highest BCUT2D eigenvalue weighted by Crippen LogP contribution is 2.20. The summed E-state index contributed by atoms with van der Waals surface area (Å²) in [5.74, 6) is 1.48. The topological polar surface area (TPSA) is 54.5 Å². The van der Waals surface area contributed by atoms with Crippen molar-refractivity contribution >= 4 is 11.8 Å². The first-order valence-corrected chi connectivity index (χ1v) is 5.25. The first kappa shape index (κ1) is 9.21. The Labute approximate surface area is 86.1 Å². The summed E-state index contributed by atoms with van der Waals surface area (Å²) < 4.78 is 0. The average Bonchev–Trinajstić information content (AvgIpc) is 2.70. The second-order valence-corrected chi connectivity index (χ2v) is 3.98. The molecule has 72 valence electrons. The van der Waals surface area contributed by atoms with Crippen LogP contribution in [0.15, 0.2) is 29.2 Å². The SMILES string of the molecule is Cc1ccc(SCc2nn[nH]n2)cc1. The van der Waals surface area contributed by atoms with Crippen LogP contribution in [-0.2, 0) is 5.75 Å². The maximum Gasteiger partial charge on any atom is 0.184 e. The number of benzene rings is 1. The molecule has 5 heteroatoms. The fourth-order valence-corrected chi connectivity index (χ4v) is 1.77. The van der Waals surface area contributed by atoms with E-state index in [-0.39, 0.29) is 0 Å². The van der Waals surface area contributed by atoms with Crippen LogP contribution in [0.25, 0.3) is 0 Å². The molecule has 0 atom stereocenters. The van der Waals surface area contributed by atoms with Gasteiger partial charge in [0.1, 0.15) is 0 Å². The molecule has 0 bridgehead atoms. The summed E-state index contributed by atoms with van der Waals surface area (Å²) in [4.78, 5) is 1.22. The minimum atomic E-state index is 0.732. The van der Waals surface area contributed by atoms with E-state index in [4.69, 9.17) is 0 Å². The van der Waals surface area contributed by atoms with E-state index < -0.39 is 0 Å². The van der Waals surface area contributed by atoms with Crippen molar-refractivity contribution in [1.29, 1.82) is 0 Å². The Balaban J connectivity index is 1.95. The van der Waals surface area contributed by atoms with Crippen LogP contribution in [-0.4, -0.2) is 20.6 Å². The Bertz CT molecular complexity index is 382. The fourth-order valence-electron chi connectivity index (χ4n) is 1.03. The molecule has 2 aromatic rings. The first-order valence-electron chi connectivity index (χ1n) is 4.26. The summed E-state index contributed by atoms with van der Waals surface area (Å²) in [5.41, 5.74) is 1.27. The molecule has 1 N–H and O–H groups in total. The van der Waals surface area contributed by atoms with E-state index in [0.717, 1.165) is 11.6 Å². The molecule has 0 amide bonds. The number of thioether (sulfide) groups is 1. The Morgan fingerprint density at radius 3 is 2.71 bits per heavy atom. The fraction of sp³-hybridized carbons (Fsp3) is 0.222. The zero-order chi connectivity index (χ0) is 9.80. The molecule has 14 heavy (non-hydrogen) atoms. The van der Waals surface area contributed by atoms with Crippen LogP contribution < -0.4 is 0 Å². The third-order valence-electron chi connectivity index (χ3n) is 1.78. The van der Waals surface area contributed by atoms with E-state index in [1.165, 1.54) is 10.5 Å². The molecular weight excluding hydrogens is 196 g/mol. The molecule has 0 unspecified atom stereocenters. The minimum Gasteiger partial charge on any atom is -0.177 e. The predicted molar refractivity (Wildman–Crippen MR) is 54.9 cm³/mol. The number of hydrogen-bond acceptors (Lipinski definition) is 4. The van der Waals surface area contributed by atoms with E-state index >= 15 is 0 Å². The van der Waals surface area contributed by atoms with Crippen LogP contribution >= 0.6 is 11.8 Å². The van der Waals surface area contributed by atoms with Gasteiger partial charge in [0.2, 0.25) is 0 Å². The van der Waals surface area contributed by atoms with Crippen molar-refractivity contribution in [2.75, 3.05) is 0 Å². The predicted octanol–water partition coefficient (Wildman–Crippen LogP) is 1.80. The quantitative estimate of drug-likeness (QED) is 0.778. The average molecular weight is 206 g/mol. The molecule has 2 rings (SSSR count). The summed E-state index contributed by atoms with van der Waals surface area (Å²) in [5, 5.41) is 13.7. The molecule has 0 fully saturated rings. The highest BCUT2D eigenvalue weighted by Gasteiger charge is 1.99. The van der Waals surface area contributed by atoms with Gasteiger partial charge in [-0.3, -0.25) is 0 Å². The van der Waals surface area contributed by atoms with E-state index in [1.807, 2.05) is 0 Å². The Kier molecular flexibility index (Phi) is 2.78. The Hall–Kier alpha value is -1.36. The molecule has 0 saturated carbocycles. The second-order valence-electron chi connectivity index (χ2n) is 2.93. The van der Waals surface area contributed by atoms with Crippen LogP contribution in [0.3, 0.4) is 0 Å². The molecule has 4 nitrogen and oxygen atoms in total. The lowest BCUT2D eigenvalue weighted by Gasteiger charge is -1.98. The Morgan fingerprint density at radius 1 is 1.29 bits per heavy atom. The highest BCUT2D eigenvalue weighted by molar-refractivity contribution is 7.98. The van der Waals surface area contributed by atoms with E-state index in [2.05, 4.69) is 51.8 Å². The van der Waals surface area contributed by atoms with Gasteiger partial charge in [0.05, 0.1) is 5.75 Å². The molecule has 0 saturated heterocycles. The third kappa shape index (κ3) is 2.32. The summed E-state index contributed by atoms with van der Waals surface area (Å²) in [7, 11) is 0. The van der Waals surface area contributed by atoms with E-state index in [1.54, 1.807) is 11.8 Å². The van der Waals surface area contributed by atoms with Crippen molar-refractivity contribution in [3.63, 3.8) is 0 Å². The highest BCUT2D eigenvalue weighted by atomic mass is 32.2. The maximum atomic E-state index is 3.88. The van der Waals surface area contributed by atoms with Gasteiger partial charge in [-0.25, -0.2) is 0 Å². The van der Waals surface area contributed by atoms with Crippen LogP contribution in [0.5, 0.6) is 0 Å². The van der Waals surface area contributed by atoms with Gasteiger partial charge >= 0.3 is 0 Å². The van der Waals surface area contributed by atoms with Gasteiger partial charge in [0.15, 0.2) is 5.82 Å². The third-order valence-corrected chi connectivity index (χ3v) is 2.79. The zero-order valence-electron chi connectivity index (χ0n) is 7.77. The minimum absolute atomic E-state index is 0.732. The number of tetrazole rings is 1. The number of H-pyrrole nitrogens is 1. The smallest absolute Gasteiger partial charge is 0.177 e. The molecule has 1 aromatic heterocycles. The first-order chi connectivity index (χ1) is 6.84. The molecule has 0 aliphatic rings. The summed E-state index contributed by atoms with van der Waals surface area (Å²) in [6, 6.07) is 8.39. The van der Waals surface area contributed by atoms with Crippen molar-refractivity contribution in [1.82, 2.24) is 20.6 Å². The van der Waals surface area contributed by atoms with Crippen molar-refractivity contribution < 1.29 is 0 Å². The van der Waals surface area contributed by atoms with Gasteiger partial charge in [0.25, 0.3) is 0 Å². The molecule has 1 aromatic carbocycles. The number of rotatable bonds is 3. The lowest BCUT2D eigenvalue weighted by atomic mass is 10.2. The number of nitrogens with one attached hydrogen (secondary N) is 1. The number of nitrogens with zero attached hydrogens (tertiary/aromatic N) is 3. The van der Waals surface area contributed by atoms with Gasteiger partial charge in [-0.15, -0.1) is 22.0 Å².